The number of carbonyl (C=O) groups is 1. The van der Waals surface area contributed by atoms with Gasteiger partial charge in [0.2, 0.25) is 6.29 Å². The van der Waals surface area contributed by atoms with Crippen molar-refractivity contribution >= 4 is 5.97 Å². The molecule has 32 heavy (non-hydrogen) atoms. The highest BCUT2D eigenvalue weighted by Crippen LogP contribution is 2.64. The molecular formula is C26H40O6. The molecular weight excluding hydrogens is 408 g/mol. The third-order valence-electron chi connectivity index (χ3n) is 8.88. The van der Waals surface area contributed by atoms with E-state index in [0.717, 1.165) is 38.5 Å². The standard InChI is InChI=1S/C26H40O6/c1-6-8-16(3)31-32-23-14-17-13-20(27)24-18-9-10-21(30-22(28)7-2)25(18,4)12-11-19(24)26(17,5)15-29-23/h13,18-21,23-24,27H,3,6-12,14-15H2,1-2,4-5H3/t18?,19?,20?,21-,23+,24?,25-,26-/m0/s1. The van der Waals surface area contributed by atoms with Crippen molar-refractivity contribution in [2.45, 2.75) is 97.6 Å². The topological polar surface area (TPSA) is 74.2 Å². The van der Waals surface area contributed by atoms with E-state index in [1.54, 1.807) is 0 Å². The Labute approximate surface area is 192 Å². The summed E-state index contributed by atoms with van der Waals surface area (Å²) in [6.45, 7) is 12.9. The maximum absolute atomic E-state index is 12.0. The maximum Gasteiger partial charge on any atom is 0.305 e. The van der Waals surface area contributed by atoms with Gasteiger partial charge in [0.25, 0.3) is 0 Å². The van der Waals surface area contributed by atoms with E-state index in [2.05, 4.69) is 33.4 Å². The van der Waals surface area contributed by atoms with Crippen LogP contribution in [0.4, 0.5) is 0 Å². The van der Waals surface area contributed by atoms with Crippen molar-refractivity contribution in [3.63, 3.8) is 0 Å². The van der Waals surface area contributed by atoms with Crippen LogP contribution in [0.3, 0.4) is 0 Å². The van der Waals surface area contributed by atoms with Gasteiger partial charge in [-0.15, -0.1) is 0 Å². The van der Waals surface area contributed by atoms with E-state index in [-0.39, 0.29) is 28.8 Å². The summed E-state index contributed by atoms with van der Waals surface area (Å²) in [6, 6.07) is 0. The monoisotopic (exact) mass is 448 g/mol. The molecule has 3 aliphatic carbocycles. The zero-order chi connectivity index (χ0) is 23.1. The van der Waals surface area contributed by atoms with Crippen molar-refractivity contribution in [3.8, 4) is 0 Å². The Morgan fingerprint density at radius 3 is 2.75 bits per heavy atom. The molecule has 0 aromatic rings. The van der Waals surface area contributed by atoms with E-state index < -0.39 is 12.4 Å². The minimum Gasteiger partial charge on any atom is -0.462 e. The molecule has 0 bridgehead atoms. The molecule has 1 N–H and O–H groups in total. The number of aliphatic hydroxyl groups is 1. The lowest BCUT2D eigenvalue weighted by Gasteiger charge is -2.58. The van der Waals surface area contributed by atoms with Crippen LogP contribution in [0.5, 0.6) is 0 Å². The Morgan fingerprint density at radius 2 is 2.03 bits per heavy atom. The number of ether oxygens (including phenoxy) is 2. The quantitative estimate of drug-likeness (QED) is 0.193. The van der Waals surface area contributed by atoms with E-state index >= 15 is 0 Å². The minimum absolute atomic E-state index is 0.0416. The molecule has 2 saturated carbocycles. The summed E-state index contributed by atoms with van der Waals surface area (Å²) < 4.78 is 12.0. The Bertz CT molecular complexity index is 761. The van der Waals surface area contributed by atoms with Gasteiger partial charge >= 0.3 is 5.97 Å². The molecule has 180 valence electrons. The van der Waals surface area contributed by atoms with E-state index in [4.69, 9.17) is 19.2 Å². The molecule has 6 nitrogen and oxygen atoms in total. The highest BCUT2D eigenvalue weighted by atomic mass is 17.2. The first kappa shape index (κ1) is 23.8. The first-order valence-corrected chi connectivity index (χ1v) is 12.4. The number of esters is 1. The fraction of sp³-hybridized carbons (Fsp3) is 0.808. The molecule has 1 aliphatic heterocycles. The number of hydrogen-bond donors (Lipinski definition) is 1. The van der Waals surface area contributed by atoms with Gasteiger partial charge in [-0.3, -0.25) is 4.79 Å². The number of allylic oxidation sites excluding steroid dienone is 1. The predicted molar refractivity (Wildman–Crippen MR) is 120 cm³/mol. The Kier molecular flexibility index (Phi) is 6.77. The summed E-state index contributed by atoms with van der Waals surface area (Å²) in [5, 5.41) is 11.3. The number of fused-ring (bicyclic) bond motifs is 5. The van der Waals surface area contributed by atoms with Crippen LogP contribution < -0.4 is 0 Å². The molecule has 8 atom stereocenters. The Morgan fingerprint density at radius 1 is 1.25 bits per heavy atom. The second-order valence-corrected chi connectivity index (χ2v) is 10.8. The van der Waals surface area contributed by atoms with E-state index in [1.165, 1.54) is 5.57 Å². The highest BCUT2D eigenvalue weighted by molar-refractivity contribution is 5.69. The zero-order valence-corrected chi connectivity index (χ0v) is 20.1. The van der Waals surface area contributed by atoms with Gasteiger partial charge in [0.15, 0.2) is 0 Å². The first-order valence-electron chi connectivity index (χ1n) is 12.4. The van der Waals surface area contributed by atoms with Crippen LogP contribution in [-0.2, 0) is 24.0 Å². The molecule has 0 spiro atoms. The fourth-order valence-corrected chi connectivity index (χ4v) is 7.06. The van der Waals surface area contributed by atoms with Crippen molar-refractivity contribution in [2.24, 2.45) is 28.6 Å². The third kappa shape index (κ3) is 4.03. The molecule has 6 heteroatoms. The van der Waals surface area contributed by atoms with Crippen LogP contribution in [0.25, 0.3) is 0 Å². The Hall–Kier alpha value is -1.37. The van der Waals surface area contributed by atoms with Crippen LogP contribution >= 0.6 is 0 Å². The molecule has 1 saturated heterocycles. The van der Waals surface area contributed by atoms with Gasteiger partial charge in [-0.25, -0.2) is 0 Å². The molecule has 4 unspecified atom stereocenters. The van der Waals surface area contributed by atoms with E-state index in [1.807, 2.05) is 6.92 Å². The van der Waals surface area contributed by atoms with Crippen LogP contribution in [0.1, 0.15) is 79.1 Å². The smallest absolute Gasteiger partial charge is 0.305 e. The number of hydrogen-bond acceptors (Lipinski definition) is 6. The normalized spacial score (nSPS) is 42.8. The van der Waals surface area contributed by atoms with Crippen molar-refractivity contribution in [1.82, 2.24) is 0 Å². The molecule has 0 aromatic heterocycles. The molecule has 3 fully saturated rings. The molecule has 0 amide bonds. The predicted octanol–water partition coefficient (Wildman–Crippen LogP) is 5.07. The summed E-state index contributed by atoms with van der Waals surface area (Å²) >= 11 is 0. The second kappa shape index (κ2) is 9.11. The van der Waals surface area contributed by atoms with Gasteiger partial charge < -0.3 is 19.5 Å². The van der Waals surface area contributed by atoms with Gasteiger partial charge in [-0.2, -0.15) is 4.89 Å². The van der Waals surface area contributed by atoms with Crippen LogP contribution in [-0.4, -0.2) is 36.2 Å². The van der Waals surface area contributed by atoms with Crippen molar-refractivity contribution in [3.05, 3.63) is 24.0 Å². The molecule has 4 aliphatic rings. The zero-order valence-electron chi connectivity index (χ0n) is 20.1. The fourth-order valence-electron chi connectivity index (χ4n) is 7.06. The molecule has 1 heterocycles. The van der Waals surface area contributed by atoms with Crippen LogP contribution in [0, 0.1) is 28.6 Å². The maximum atomic E-state index is 12.0. The summed E-state index contributed by atoms with van der Waals surface area (Å²) in [5.74, 6) is 1.33. The van der Waals surface area contributed by atoms with Crippen LogP contribution in [0.15, 0.2) is 24.0 Å². The van der Waals surface area contributed by atoms with Crippen LogP contribution in [0.2, 0.25) is 0 Å². The van der Waals surface area contributed by atoms with Gasteiger partial charge in [-0.1, -0.05) is 45.9 Å². The van der Waals surface area contributed by atoms with Gasteiger partial charge in [-0.05, 0) is 49.9 Å². The highest BCUT2D eigenvalue weighted by Gasteiger charge is 2.62. The first-order chi connectivity index (χ1) is 15.2. The SMILES string of the molecule is C=C(CCC)OO[C@@H]1CC2=CC(O)C3C(CC[C@@]4(C)C3CC[C@@H]4OC(=O)CC)[C@@]2(C)CO1. The number of aliphatic hydroxyl groups excluding tert-OH is 1. The van der Waals surface area contributed by atoms with Crippen molar-refractivity contribution in [2.75, 3.05) is 6.61 Å². The second-order valence-electron chi connectivity index (χ2n) is 10.8. The van der Waals surface area contributed by atoms with Gasteiger partial charge in [0.1, 0.15) is 11.9 Å². The lowest BCUT2D eigenvalue weighted by molar-refractivity contribution is -0.368. The Balaban J connectivity index is 1.49. The average molecular weight is 449 g/mol. The summed E-state index contributed by atoms with van der Waals surface area (Å²) in [4.78, 5) is 22.9. The lowest BCUT2D eigenvalue weighted by Crippen LogP contribution is -2.57. The summed E-state index contributed by atoms with van der Waals surface area (Å²) in [5.41, 5.74) is 1.02. The average Bonchev–Trinajstić information content (AvgIpc) is 3.09. The largest absolute Gasteiger partial charge is 0.462 e. The van der Waals surface area contributed by atoms with Crippen molar-refractivity contribution in [1.29, 1.82) is 0 Å². The third-order valence-corrected chi connectivity index (χ3v) is 8.88. The van der Waals surface area contributed by atoms with Gasteiger partial charge in [0, 0.05) is 30.1 Å². The minimum atomic E-state index is -0.497. The van der Waals surface area contributed by atoms with E-state index in [0.29, 0.717) is 37.0 Å². The van der Waals surface area contributed by atoms with Gasteiger partial charge in [0.05, 0.1) is 12.7 Å². The van der Waals surface area contributed by atoms with E-state index in [9.17, 15) is 9.90 Å². The summed E-state index contributed by atoms with van der Waals surface area (Å²) in [6.07, 6.45) is 7.64. The van der Waals surface area contributed by atoms with Crippen molar-refractivity contribution < 1.29 is 29.1 Å². The number of carbonyl (C=O) groups excluding carboxylic acids is 1. The lowest BCUT2D eigenvalue weighted by atomic mass is 9.49. The molecule has 0 radical (unpaired) electrons. The number of rotatable bonds is 7. The molecule has 0 aromatic carbocycles. The summed E-state index contributed by atoms with van der Waals surface area (Å²) in [7, 11) is 0. The molecule has 4 rings (SSSR count).